The molecule has 0 N–H and O–H groups in total. The quantitative estimate of drug-likeness (QED) is 0.481. The summed E-state index contributed by atoms with van der Waals surface area (Å²) in [7, 11) is 1.29. The molecule has 2 aromatic carbocycles. The number of rotatable bonds is 4. The first kappa shape index (κ1) is 15.7. The predicted molar refractivity (Wildman–Crippen MR) is 74.5 cm³/mol. The molecule has 22 heavy (non-hydrogen) atoms. The van der Waals surface area contributed by atoms with Gasteiger partial charge in [0.25, 0.3) is 0 Å². The molecule has 0 spiro atoms. The molecular weight excluding hydrogens is 300 g/mol. The molecule has 0 saturated carbocycles. The number of ether oxygens (including phenoxy) is 1. The van der Waals surface area contributed by atoms with Crippen LogP contribution in [-0.4, -0.2) is 19.5 Å². The second kappa shape index (κ2) is 6.84. The standard InChI is InChI=1S/C15H10F4N2O/c1-22-10-5-13(17)11(14(18)6-10)8-21-20-7-9-2-3-12(16)15(19)4-9/h2-8H,1H3. The van der Waals surface area contributed by atoms with E-state index in [1.165, 1.54) is 13.2 Å². The molecule has 3 nitrogen and oxygen atoms in total. The van der Waals surface area contributed by atoms with Gasteiger partial charge in [-0.15, -0.1) is 0 Å². The third-order valence-corrected chi connectivity index (χ3v) is 2.69. The van der Waals surface area contributed by atoms with E-state index in [9.17, 15) is 17.6 Å². The molecule has 0 unspecified atom stereocenters. The summed E-state index contributed by atoms with van der Waals surface area (Å²) >= 11 is 0. The number of benzene rings is 2. The molecule has 2 aromatic rings. The number of hydrogen-bond acceptors (Lipinski definition) is 3. The smallest absolute Gasteiger partial charge is 0.159 e. The highest BCUT2D eigenvalue weighted by molar-refractivity contribution is 5.83. The average molecular weight is 310 g/mol. The second-order valence-corrected chi connectivity index (χ2v) is 4.17. The van der Waals surface area contributed by atoms with Crippen LogP contribution in [0.15, 0.2) is 40.5 Å². The molecule has 0 aliphatic rings. The van der Waals surface area contributed by atoms with E-state index in [0.717, 1.165) is 36.7 Å². The predicted octanol–water partition coefficient (Wildman–Crippen LogP) is 3.70. The van der Waals surface area contributed by atoms with Gasteiger partial charge in [-0.05, 0) is 17.7 Å². The SMILES string of the molecule is COc1cc(F)c(C=NN=Cc2ccc(F)c(F)c2)c(F)c1. The van der Waals surface area contributed by atoms with Gasteiger partial charge in [0.15, 0.2) is 11.6 Å². The lowest BCUT2D eigenvalue weighted by molar-refractivity contribution is 0.406. The van der Waals surface area contributed by atoms with Crippen molar-refractivity contribution in [1.82, 2.24) is 0 Å². The van der Waals surface area contributed by atoms with Crippen LogP contribution in [-0.2, 0) is 0 Å². The third-order valence-electron chi connectivity index (χ3n) is 2.69. The van der Waals surface area contributed by atoms with Crippen LogP contribution >= 0.6 is 0 Å². The average Bonchev–Trinajstić information content (AvgIpc) is 2.49. The Morgan fingerprint density at radius 2 is 1.45 bits per heavy atom. The topological polar surface area (TPSA) is 34.0 Å². The first-order valence-electron chi connectivity index (χ1n) is 6.05. The summed E-state index contributed by atoms with van der Waals surface area (Å²) in [6, 6.07) is 5.14. The maximum atomic E-state index is 13.6. The van der Waals surface area contributed by atoms with Crippen LogP contribution in [0.5, 0.6) is 5.75 Å². The second-order valence-electron chi connectivity index (χ2n) is 4.17. The molecule has 0 aliphatic heterocycles. The Kier molecular flexibility index (Phi) is 4.88. The minimum Gasteiger partial charge on any atom is -0.497 e. The van der Waals surface area contributed by atoms with Crippen LogP contribution in [0.3, 0.4) is 0 Å². The van der Waals surface area contributed by atoms with Gasteiger partial charge < -0.3 is 4.74 Å². The van der Waals surface area contributed by atoms with E-state index in [2.05, 4.69) is 10.2 Å². The van der Waals surface area contributed by atoms with Crippen molar-refractivity contribution in [2.75, 3.05) is 7.11 Å². The van der Waals surface area contributed by atoms with E-state index in [4.69, 9.17) is 4.74 Å². The summed E-state index contributed by atoms with van der Waals surface area (Å²) in [5.41, 5.74) is -0.130. The fourth-order valence-corrected chi connectivity index (χ4v) is 1.59. The van der Waals surface area contributed by atoms with Gasteiger partial charge in [0.05, 0.1) is 25.1 Å². The summed E-state index contributed by atoms with van der Waals surface area (Å²) in [5.74, 6) is -3.69. The van der Waals surface area contributed by atoms with Crippen LogP contribution in [0, 0.1) is 23.3 Å². The molecule has 0 amide bonds. The van der Waals surface area contributed by atoms with Gasteiger partial charge in [0.1, 0.15) is 17.4 Å². The zero-order valence-corrected chi connectivity index (χ0v) is 11.4. The Bertz CT molecular complexity index is 721. The van der Waals surface area contributed by atoms with Crippen molar-refractivity contribution >= 4 is 12.4 Å². The molecule has 0 atom stereocenters. The molecule has 0 saturated heterocycles. The highest BCUT2D eigenvalue weighted by Crippen LogP contribution is 2.19. The van der Waals surface area contributed by atoms with Crippen molar-refractivity contribution in [2.45, 2.75) is 0 Å². The molecule has 0 aliphatic carbocycles. The number of halogens is 4. The van der Waals surface area contributed by atoms with Crippen molar-refractivity contribution < 1.29 is 22.3 Å². The summed E-state index contributed by atoms with van der Waals surface area (Å²) in [6.07, 6.45) is 2.00. The first-order valence-corrected chi connectivity index (χ1v) is 6.05. The Hall–Kier alpha value is -2.70. The molecule has 7 heteroatoms. The maximum absolute atomic E-state index is 13.6. The minimum atomic E-state index is -1.03. The Labute approximate surface area is 123 Å². The van der Waals surface area contributed by atoms with Crippen LogP contribution in [0.2, 0.25) is 0 Å². The largest absolute Gasteiger partial charge is 0.497 e. The summed E-state index contributed by atoms with van der Waals surface area (Å²) < 4.78 is 57.6. The number of methoxy groups -OCH3 is 1. The third kappa shape index (κ3) is 3.69. The van der Waals surface area contributed by atoms with E-state index in [0.29, 0.717) is 0 Å². The fraction of sp³-hybridized carbons (Fsp3) is 0.0667. The van der Waals surface area contributed by atoms with Crippen molar-refractivity contribution in [3.63, 3.8) is 0 Å². The van der Waals surface area contributed by atoms with E-state index in [1.54, 1.807) is 0 Å². The lowest BCUT2D eigenvalue weighted by Gasteiger charge is -2.02. The van der Waals surface area contributed by atoms with E-state index >= 15 is 0 Å². The normalized spacial score (nSPS) is 11.5. The van der Waals surface area contributed by atoms with Gasteiger partial charge in [-0.3, -0.25) is 0 Å². The van der Waals surface area contributed by atoms with Gasteiger partial charge in [0, 0.05) is 12.1 Å². The molecule has 114 valence electrons. The van der Waals surface area contributed by atoms with Gasteiger partial charge in [-0.25, -0.2) is 17.6 Å². The highest BCUT2D eigenvalue weighted by Gasteiger charge is 2.09. The summed E-state index contributed by atoms with van der Waals surface area (Å²) in [4.78, 5) is 0. The van der Waals surface area contributed by atoms with E-state index in [-0.39, 0.29) is 16.9 Å². The monoisotopic (exact) mass is 310 g/mol. The van der Waals surface area contributed by atoms with Crippen LogP contribution < -0.4 is 4.74 Å². The molecule has 0 bridgehead atoms. The maximum Gasteiger partial charge on any atom is 0.159 e. The number of nitrogens with zero attached hydrogens (tertiary/aromatic N) is 2. The Balaban J connectivity index is 2.15. The zero-order valence-electron chi connectivity index (χ0n) is 11.4. The van der Waals surface area contributed by atoms with Gasteiger partial charge in [0.2, 0.25) is 0 Å². The Morgan fingerprint density at radius 1 is 0.818 bits per heavy atom. The lowest BCUT2D eigenvalue weighted by Crippen LogP contribution is -1.96. The summed E-state index contributed by atoms with van der Waals surface area (Å²) in [5, 5.41) is 7.00. The molecular formula is C15H10F4N2O. The molecule has 0 heterocycles. The summed E-state index contributed by atoms with van der Waals surface area (Å²) in [6.45, 7) is 0. The minimum absolute atomic E-state index is 0.0393. The molecule has 0 fully saturated rings. The molecule has 2 rings (SSSR count). The first-order chi connectivity index (χ1) is 10.5. The fourth-order valence-electron chi connectivity index (χ4n) is 1.59. The van der Waals surface area contributed by atoms with Gasteiger partial charge in [-0.1, -0.05) is 6.07 Å². The van der Waals surface area contributed by atoms with Crippen molar-refractivity contribution in [3.05, 3.63) is 64.7 Å². The number of hydrogen-bond donors (Lipinski definition) is 0. The van der Waals surface area contributed by atoms with Crippen LogP contribution in [0.4, 0.5) is 17.6 Å². The van der Waals surface area contributed by atoms with E-state index < -0.39 is 23.3 Å². The van der Waals surface area contributed by atoms with Crippen LogP contribution in [0.25, 0.3) is 0 Å². The lowest BCUT2D eigenvalue weighted by atomic mass is 10.2. The van der Waals surface area contributed by atoms with Gasteiger partial charge >= 0.3 is 0 Å². The van der Waals surface area contributed by atoms with Crippen molar-refractivity contribution in [2.24, 2.45) is 10.2 Å². The molecule has 0 aromatic heterocycles. The van der Waals surface area contributed by atoms with E-state index in [1.807, 2.05) is 0 Å². The Morgan fingerprint density at radius 3 is 2.05 bits per heavy atom. The highest BCUT2D eigenvalue weighted by atomic mass is 19.2. The van der Waals surface area contributed by atoms with Crippen molar-refractivity contribution in [3.8, 4) is 5.75 Å². The zero-order chi connectivity index (χ0) is 16.1. The molecule has 0 radical (unpaired) electrons. The van der Waals surface area contributed by atoms with Crippen LogP contribution in [0.1, 0.15) is 11.1 Å². The van der Waals surface area contributed by atoms with Gasteiger partial charge in [-0.2, -0.15) is 10.2 Å². The van der Waals surface area contributed by atoms with Crippen molar-refractivity contribution in [1.29, 1.82) is 0 Å².